The Kier molecular flexibility index (Phi) is 10.5. The summed E-state index contributed by atoms with van der Waals surface area (Å²) in [7, 11) is 0.582. The Labute approximate surface area is 444 Å². The summed E-state index contributed by atoms with van der Waals surface area (Å²) >= 11 is 0. The van der Waals surface area contributed by atoms with Crippen molar-refractivity contribution in [3.63, 3.8) is 0 Å². The van der Waals surface area contributed by atoms with Gasteiger partial charge in [0.15, 0.2) is 0 Å². The van der Waals surface area contributed by atoms with E-state index >= 15 is 0 Å². The summed E-state index contributed by atoms with van der Waals surface area (Å²) in [5.41, 5.74) is 24.2. The van der Waals surface area contributed by atoms with Crippen molar-refractivity contribution in [2.45, 2.75) is 129 Å². The van der Waals surface area contributed by atoms with Crippen molar-refractivity contribution in [3.05, 3.63) is 186 Å². The number of hydrogen-bond acceptors (Lipinski definition) is 4. The average Bonchev–Trinajstić information content (AvgIpc) is 3.96. The van der Waals surface area contributed by atoms with Crippen LogP contribution in [0.2, 0.25) is 0 Å². The van der Waals surface area contributed by atoms with E-state index in [4.69, 9.17) is 8.83 Å². The predicted molar refractivity (Wildman–Crippen MR) is 320 cm³/mol. The second kappa shape index (κ2) is 16.6. The van der Waals surface area contributed by atoms with Gasteiger partial charge in [-0.15, -0.1) is 0 Å². The van der Waals surface area contributed by atoms with Crippen molar-refractivity contribution in [2.75, 3.05) is 10.2 Å². The maximum absolute atomic E-state index is 7.42. The molecular weight excluding hydrogens is 912 g/mol. The largest absolute Gasteiger partial charge is 0.469 e. The number of para-hydroxylation sites is 1. The summed E-state index contributed by atoms with van der Waals surface area (Å²) in [6.45, 7) is 26.3. The molecule has 2 aliphatic carbocycles. The molecular formula is C70H69BN2O2. The molecule has 3 aliphatic rings. The van der Waals surface area contributed by atoms with Crippen LogP contribution in [0.5, 0.6) is 0 Å². The van der Waals surface area contributed by atoms with Gasteiger partial charge in [-0.25, -0.2) is 0 Å². The Morgan fingerprint density at radius 2 is 1.11 bits per heavy atom. The van der Waals surface area contributed by atoms with Crippen molar-refractivity contribution >= 4 is 79.7 Å². The highest BCUT2D eigenvalue weighted by atomic mass is 16.3. The minimum atomic E-state index is -0.0683. The van der Waals surface area contributed by atoms with Crippen LogP contribution in [0.15, 0.2) is 167 Å². The molecule has 10 aromatic rings. The lowest BCUT2D eigenvalue weighted by Crippen LogP contribution is -2.40. The quantitative estimate of drug-likeness (QED) is 0.169. The van der Waals surface area contributed by atoms with Crippen LogP contribution in [0.4, 0.5) is 28.4 Å². The normalized spacial score (nSPS) is 17.0. The fraction of sp³-hybridized carbons (Fsp3) is 0.286. The van der Waals surface area contributed by atoms with Crippen LogP contribution in [0.3, 0.4) is 0 Å². The molecule has 0 radical (unpaired) electrons. The first-order valence-electron chi connectivity index (χ1n) is 27.5. The molecule has 0 unspecified atom stereocenters. The van der Waals surface area contributed by atoms with Gasteiger partial charge in [-0.1, -0.05) is 179 Å². The molecule has 4 nitrogen and oxygen atoms in total. The standard InChI is InChI=1S/C70H69BN2O2/c1-66(2,3)45-27-31-57(49(37-45)43-22-16-13-17-23-43)73-58-40-50-47-24-18-19-25-59(47)74-64(50)61(62(58)71-65-63(73)51-39-54-55(41-60(51)75-65)70(10,11)35-34-69(54,8)9)48-29-26-44(42-20-14-12-15-21-42)36-56(48)72-46-28-30-52-53(38-46)68(6,7)33-32-67(52,4)5/h12-31,36-41,71-72H,32-35H2,1-11H3. The van der Waals surface area contributed by atoms with E-state index < -0.39 is 0 Å². The summed E-state index contributed by atoms with van der Waals surface area (Å²) in [4.78, 5) is 2.58. The van der Waals surface area contributed by atoms with Crippen LogP contribution in [-0.2, 0) is 27.1 Å². The third kappa shape index (κ3) is 7.70. The summed E-state index contributed by atoms with van der Waals surface area (Å²) < 4.78 is 14.6. The summed E-state index contributed by atoms with van der Waals surface area (Å²) in [6, 6.07) is 58.9. The number of fused-ring (bicyclic) bond motifs is 9. The van der Waals surface area contributed by atoms with Crippen LogP contribution < -0.4 is 21.3 Å². The highest BCUT2D eigenvalue weighted by Gasteiger charge is 2.42. The molecule has 8 aromatic carbocycles. The van der Waals surface area contributed by atoms with Crippen LogP contribution >= 0.6 is 0 Å². The maximum atomic E-state index is 7.42. The second-order valence-electron chi connectivity index (χ2n) is 25.9. The van der Waals surface area contributed by atoms with Gasteiger partial charge >= 0.3 is 0 Å². The van der Waals surface area contributed by atoms with E-state index in [1.54, 1.807) is 0 Å². The van der Waals surface area contributed by atoms with E-state index in [9.17, 15) is 0 Å². The van der Waals surface area contributed by atoms with E-state index in [2.05, 4.69) is 244 Å². The lowest BCUT2D eigenvalue weighted by molar-refractivity contribution is 0.332. The smallest absolute Gasteiger partial charge is 0.245 e. The minimum absolute atomic E-state index is 0.0124. The van der Waals surface area contributed by atoms with Gasteiger partial charge in [0.2, 0.25) is 7.28 Å². The van der Waals surface area contributed by atoms with Crippen molar-refractivity contribution in [1.82, 2.24) is 0 Å². The Bertz CT molecular complexity index is 3940. The fourth-order valence-corrected chi connectivity index (χ4v) is 13.2. The number of nitrogens with one attached hydrogen (secondary N) is 1. The Balaban J connectivity index is 1.13. The van der Waals surface area contributed by atoms with E-state index in [0.29, 0.717) is 7.28 Å². The van der Waals surface area contributed by atoms with E-state index in [-0.39, 0.29) is 27.1 Å². The van der Waals surface area contributed by atoms with Crippen molar-refractivity contribution in [1.29, 1.82) is 0 Å². The number of hydrogen-bond donors (Lipinski definition) is 1. The highest BCUT2D eigenvalue weighted by Crippen LogP contribution is 2.53. The molecule has 0 bridgehead atoms. The molecule has 1 aliphatic heterocycles. The second-order valence-corrected chi connectivity index (χ2v) is 25.9. The molecule has 0 atom stereocenters. The molecule has 0 fully saturated rings. The summed E-state index contributed by atoms with van der Waals surface area (Å²) in [5.74, 6) is 0. The number of rotatable bonds is 6. The molecule has 0 saturated carbocycles. The third-order valence-corrected chi connectivity index (χ3v) is 18.0. The lowest BCUT2D eigenvalue weighted by atomic mass is 9.60. The molecule has 5 heteroatoms. The molecule has 0 amide bonds. The molecule has 13 rings (SSSR count). The van der Waals surface area contributed by atoms with E-state index in [0.717, 1.165) is 103 Å². The van der Waals surface area contributed by atoms with Crippen molar-refractivity contribution in [2.24, 2.45) is 0 Å². The van der Waals surface area contributed by atoms with Crippen LogP contribution in [0.25, 0.3) is 66.3 Å². The van der Waals surface area contributed by atoms with Gasteiger partial charge in [0.25, 0.3) is 0 Å². The Hall–Kier alpha value is -7.24. The average molecular weight is 981 g/mol. The fourth-order valence-electron chi connectivity index (χ4n) is 13.2. The van der Waals surface area contributed by atoms with Gasteiger partial charge < -0.3 is 19.1 Å². The zero-order valence-electron chi connectivity index (χ0n) is 45.8. The van der Waals surface area contributed by atoms with Gasteiger partial charge in [-0.2, -0.15) is 0 Å². The SMILES string of the molecule is CC(C)(C)c1ccc(N2c3cc4c(oc5ccccc54)c(-c4ccc(-c5ccccc5)cc4Nc4ccc5c(c4)C(C)(C)CCC5(C)C)c3Bc3oc4cc5c(cc4c32)C(C)(C)CCC5(C)C)c(-c2ccccc2)c1. The van der Waals surface area contributed by atoms with Gasteiger partial charge in [0, 0.05) is 49.9 Å². The van der Waals surface area contributed by atoms with Crippen LogP contribution in [-0.4, -0.2) is 7.28 Å². The highest BCUT2D eigenvalue weighted by molar-refractivity contribution is 6.73. The number of furan rings is 2. The monoisotopic (exact) mass is 981 g/mol. The summed E-state index contributed by atoms with van der Waals surface area (Å²) in [5, 5.41) is 7.45. The molecule has 0 saturated heterocycles. The summed E-state index contributed by atoms with van der Waals surface area (Å²) in [6.07, 6.45) is 4.58. The van der Waals surface area contributed by atoms with Crippen molar-refractivity contribution < 1.29 is 8.83 Å². The molecule has 3 heterocycles. The first kappa shape index (κ1) is 47.5. The van der Waals surface area contributed by atoms with Crippen LogP contribution in [0.1, 0.15) is 130 Å². The van der Waals surface area contributed by atoms with E-state index in [1.165, 1.54) is 56.4 Å². The molecule has 374 valence electrons. The van der Waals surface area contributed by atoms with Gasteiger partial charge in [-0.3, -0.25) is 0 Å². The zero-order chi connectivity index (χ0) is 52.0. The number of anilines is 5. The lowest BCUT2D eigenvalue weighted by Gasteiger charge is -2.42. The van der Waals surface area contributed by atoms with Gasteiger partial charge in [0.1, 0.15) is 16.7 Å². The predicted octanol–water partition coefficient (Wildman–Crippen LogP) is 18.2. The molecule has 2 aromatic heterocycles. The molecule has 1 N–H and O–H groups in total. The first-order chi connectivity index (χ1) is 35.8. The van der Waals surface area contributed by atoms with Gasteiger partial charge in [-0.05, 0) is 157 Å². The van der Waals surface area contributed by atoms with E-state index in [1.807, 2.05) is 0 Å². The third-order valence-electron chi connectivity index (χ3n) is 18.0. The zero-order valence-corrected chi connectivity index (χ0v) is 45.8. The molecule has 75 heavy (non-hydrogen) atoms. The Morgan fingerprint density at radius 3 is 1.80 bits per heavy atom. The first-order valence-corrected chi connectivity index (χ1v) is 27.5. The van der Waals surface area contributed by atoms with Gasteiger partial charge in [0.05, 0.1) is 17.0 Å². The number of nitrogens with zero attached hydrogens (tertiary/aromatic N) is 1. The molecule has 0 spiro atoms. The van der Waals surface area contributed by atoms with Crippen LogP contribution in [0, 0.1) is 0 Å². The number of benzene rings is 8. The maximum Gasteiger partial charge on any atom is 0.245 e. The minimum Gasteiger partial charge on any atom is -0.469 e. The Morgan fingerprint density at radius 1 is 0.480 bits per heavy atom. The van der Waals surface area contributed by atoms with Crippen molar-refractivity contribution in [3.8, 4) is 33.4 Å². The topological polar surface area (TPSA) is 41.6 Å².